The lowest BCUT2D eigenvalue weighted by Gasteiger charge is -2.05. The molecule has 1 heterocycles. The summed E-state index contributed by atoms with van der Waals surface area (Å²) in [5.41, 5.74) is 1.61. The van der Waals surface area contributed by atoms with Gasteiger partial charge in [0.2, 0.25) is 0 Å². The maximum absolute atomic E-state index is 5.72. The highest BCUT2D eigenvalue weighted by Gasteiger charge is 1.96. The van der Waals surface area contributed by atoms with E-state index < -0.39 is 0 Å². The number of aromatic nitrogens is 1. The fraction of sp³-hybridized carbons (Fsp3) is 0.389. The van der Waals surface area contributed by atoms with Gasteiger partial charge in [-0.25, -0.2) is 0 Å². The Morgan fingerprint density at radius 2 is 1.45 bits per heavy atom. The number of pyridine rings is 1. The molecule has 0 atom stereocenters. The van der Waals surface area contributed by atoms with Gasteiger partial charge in [0, 0.05) is 12.4 Å². The first-order valence-corrected chi connectivity index (χ1v) is 7.93. The molecule has 0 spiro atoms. The Morgan fingerprint density at radius 3 is 2.14 bits per heavy atom. The molecule has 22 heavy (non-hydrogen) atoms. The van der Waals surface area contributed by atoms with Gasteiger partial charge < -0.3 is 4.74 Å². The third-order valence-electron chi connectivity index (χ3n) is 3.30. The summed E-state index contributed by atoms with van der Waals surface area (Å²) in [6.45, 7) is 3.01. The minimum Gasteiger partial charge on any atom is -0.494 e. The molecule has 116 valence electrons. The average molecular weight is 297 g/mol. The predicted octanol–water partition coefficient (Wildman–Crippen LogP) is 5.85. The van der Waals surface area contributed by atoms with Gasteiger partial charge in [-0.2, -0.15) is 10.2 Å². The van der Waals surface area contributed by atoms with E-state index >= 15 is 0 Å². The van der Waals surface area contributed by atoms with Crippen LogP contribution in [0.3, 0.4) is 0 Å². The zero-order valence-corrected chi connectivity index (χ0v) is 13.1. The Labute approximate surface area is 132 Å². The molecule has 1 aromatic heterocycles. The van der Waals surface area contributed by atoms with E-state index in [9.17, 15) is 0 Å². The largest absolute Gasteiger partial charge is 0.494 e. The van der Waals surface area contributed by atoms with Gasteiger partial charge in [0.15, 0.2) is 0 Å². The van der Waals surface area contributed by atoms with Gasteiger partial charge in [0.1, 0.15) is 5.75 Å². The van der Waals surface area contributed by atoms with E-state index in [4.69, 9.17) is 4.74 Å². The van der Waals surface area contributed by atoms with Crippen LogP contribution in [0.2, 0.25) is 0 Å². The van der Waals surface area contributed by atoms with Crippen molar-refractivity contribution in [3.8, 4) is 5.75 Å². The molecule has 1 aromatic carbocycles. The topological polar surface area (TPSA) is 46.8 Å². The van der Waals surface area contributed by atoms with Crippen LogP contribution in [0.15, 0.2) is 59.0 Å². The quantitative estimate of drug-likeness (QED) is 0.430. The molecule has 0 bridgehead atoms. The molecule has 4 heteroatoms. The van der Waals surface area contributed by atoms with Crippen LogP contribution in [0.25, 0.3) is 0 Å². The summed E-state index contributed by atoms with van der Waals surface area (Å²) in [5, 5.41) is 8.34. The first-order valence-electron chi connectivity index (χ1n) is 7.93. The van der Waals surface area contributed by atoms with Crippen molar-refractivity contribution in [1.29, 1.82) is 0 Å². The molecular weight excluding hydrogens is 274 g/mol. The normalized spacial score (nSPS) is 11.0. The minimum atomic E-state index is 0.779. The third-order valence-corrected chi connectivity index (χ3v) is 3.30. The van der Waals surface area contributed by atoms with Crippen molar-refractivity contribution in [2.75, 3.05) is 6.61 Å². The number of hydrogen-bond acceptors (Lipinski definition) is 4. The molecule has 0 saturated carbocycles. The number of nitrogens with zero attached hydrogens (tertiary/aromatic N) is 3. The summed E-state index contributed by atoms with van der Waals surface area (Å²) >= 11 is 0. The van der Waals surface area contributed by atoms with Gasteiger partial charge in [-0.15, -0.1) is 0 Å². The summed E-state index contributed by atoms with van der Waals surface area (Å²) in [5.74, 6) is 0.887. The SMILES string of the molecule is CCCCCCCOc1ccc(N=Nc2ccncc2)cc1. The van der Waals surface area contributed by atoms with Crippen LogP contribution in [0.4, 0.5) is 11.4 Å². The number of benzene rings is 1. The second kappa shape index (κ2) is 9.66. The van der Waals surface area contributed by atoms with E-state index in [-0.39, 0.29) is 0 Å². The van der Waals surface area contributed by atoms with Gasteiger partial charge in [-0.3, -0.25) is 4.98 Å². The molecular formula is C18H23N3O. The van der Waals surface area contributed by atoms with Crippen molar-refractivity contribution in [2.45, 2.75) is 39.0 Å². The van der Waals surface area contributed by atoms with Gasteiger partial charge in [0.25, 0.3) is 0 Å². The van der Waals surface area contributed by atoms with Crippen molar-refractivity contribution in [1.82, 2.24) is 4.98 Å². The van der Waals surface area contributed by atoms with Crippen molar-refractivity contribution in [3.63, 3.8) is 0 Å². The average Bonchev–Trinajstić information content (AvgIpc) is 2.58. The molecule has 0 aliphatic heterocycles. The summed E-state index contributed by atoms with van der Waals surface area (Å²) in [6, 6.07) is 11.3. The number of ether oxygens (including phenoxy) is 1. The fourth-order valence-electron chi connectivity index (χ4n) is 2.03. The summed E-state index contributed by atoms with van der Waals surface area (Å²) in [4.78, 5) is 3.95. The summed E-state index contributed by atoms with van der Waals surface area (Å²) in [7, 11) is 0. The van der Waals surface area contributed by atoms with E-state index in [1.54, 1.807) is 12.4 Å². The van der Waals surface area contributed by atoms with E-state index in [0.717, 1.165) is 30.2 Å². The van der Waals surface area contributed by atoms with Gasteiger partial charge >= 0.3 is 0 Å². The fourth-order valence-corrected chi connectivity index (χ4v) is 2.03. The molecule has 0 radical (unpaired) electrons. The van der Waals surface area contributed by atoms with Gasteiger partial charge in [-0.05, 0) is 42.8 Å². The van der Waals surface area contributed by atoms with Crippen LogP contribution >= 0.6 is 0 Å². The van der Waals surface area contributed by atoms with Gasteiger partial charge in [-0.1, -0.05) is 32.6 Å². The first-order chi connectivity index (χ1) is 10.9. The van der Waals surface area contributed by atoms with Crippen molar-refractivity contribution >= 4 is 11.4 Å². The smallest absolute Gasteiger partial charge is 0.119 e. The second-order valence-corrected chi connectivity index (χ2v) is 5.16. The lowest BCUT2D eigenvalue weighted by Crippen LogP contribution is -1.96. The lowest BCUT2D eigenvalue weighted by atomic mass is 10.2. The standard InChI is InChI=1S/C18H23N3O/c1-2-3-4-5-6-15-22-18-9-7-16(8-10-18)20-21-17-11-13-19-14-12-17/h7-14H,2-6,15H2,1H3. The Kier molecular flexibility index (Phi) is 7.09. The first kappa shape index (κ1) is 16.1. The monoisotopic (exact) mass is 297 g/mol. The van der Waals surface area contributed by atoms with Crippen LogP contribution in [0.5, 0.6) is 5.75 Å². The molecule has 0 aliphatic carbocycles. The molecule has 0 unspecified atom stereocenters. The molecule has 0 fully saturated rings. The van der Waals surface area contributed by atoms with Crippen molar-refractivity contribution in [3.05, 3.63) is 48.8 Å². The molecule has 0 saturated heterocycles. The number of rotatable bonds is 9. The third kappa shape index (κ3) is 6.04. The second-order valence-electron chi connectivity index (χ2n) is 5.16. The van der Waals surface area contributed by atoms with E-state index in [1.165, 1.54) is 25.7 Å². The molecule has 0 N–H and O–H groups in total. The maximum atomic E-state index is 5.72. The minimum absolute atomic E-state index is 0.779. The van der Waals surface area contributed by atoms with E-state index in [0.29, 0.717) is 0 Å². The predicted molar refractivity (Wildman–Crippen MR) is 89.1 cm³/mol. The van der Waals surface area contributed by atoms with E-state index in [1.807, 2.05) is 36.4 Å². The molecule has 2 aromatic rings. The highest BCUT2D eigenvalue weighted by molar-refractivity contribution is 5.42. The van der Waals surface area contributed by atoms with Crippen molar-refractivity contribution in [2.24, 2.45) is 10.2 Å². The number of unbranched alkanes of at least 4 members (excludes halogenated alkanes) is 4. The van der Waals surface area contributed by atoms with Crippen LogP contribution in [0.1, 0.15) is 39.0 Å². The number of azo groups is 1. The molecule has 4 nitrogen and oxygen atoms in total. The van der Waals surface area contributed by atoms with Crippen LogP contribution in [-0.2, 0) is 0 Å². The van der Waals surface area contributed by atoms with Crippen LogP contribution in [-0.4, -0.2) is 11.6 Å². The molecule has 2 rings (SSSR count). The highest BCUT2D eigenvalue weighted by atomic mass is 16.5. The highest BCUT2D eigenvalue weighted by Crippen LogP contribution is 2.21. The van der Waals surface area contributed by atoms with Crippen molar-refractivity contribution < 1.29 is 4.74 Å². The number of hydrogen-bond donors (Lipinski definition) is 0. The lowest BCUT2D eigenvalue weighted by molar-refractivity contribution is 0.304. The van der Waals surface area contributed by atoms with Crippen LogP contribution < -0.4 is 4.74 Å². The Bertz CT molecular complexity index is 552. The Balaban J connectivity index is 1.74. The van der Waals surface area contributed by atoms with E-state index in [2.05, 4.69) is 22.1 Å². The molecule has 0 aliphatic rings. The molecule has 0 amide bonds. The zero-order chi connectivity index (χ0) is 15.5. The zero-order valence-electron chi connectivity index (χ0n) is 13.1. The Morgan fingerprint density at radius 1 is 0.818 bits per heavy atom. The summed E-state index contributed by atoms with van der Waals surface area (Å²) < 4.78 is 5.72. The summed E-state index contributed by atoms with van der Waals surface area (Å²) in [6.07, 6.45) is 9.65. The Hall–Kier alpha value is -2.23. The van der Waals surface area contributed by atoms with Crippen LogP contribution in [0, 0.1) is 0 Å². The maximum Gasteiger partial charge on any atom is 0.119 e. The van der Waals surface area contributed by atoms with Gasteiger partial charge in [0.05, 0.1) is 18.0 Å².